The number of aliphatic imine (C=N–C) groups is 1. The first-order chi connectivity index (χ1) is 22.2. The van der Waals surface area contributed by atoms with Crippen molar-refractivity contribution < 1.29 is 0 Å². The zero-order valence-electron chi connectivity index (χ0n) is 27.8. The van der Waals surface area contributed by atoms with Crippen LogP contribution in [-0.2, 0) is 17.4 Å². The van der Waals surface area contributed by atoms with E-state index >= 15 is 0 Å². The fourth-order valence-electron chi connectivity index (χ4n) is 7.11. The minimum Gasteiger partial charge on any atom is -0.274 e. The first kappa shape index (κ1) is 29.9. The summed E-state index contributed by atoms with van der Waals surface area (Å²) in [4.78, 5) is 5.42. The van der Waals surface area contributed by atoms with Crippen LogP contribution in [0.25, 0.3) is 33.5 Å². The molecule has 0 amide bonds. The summed E-state index contributed by atoms with van der Waals surface area (Å²) in [6, 6.07) is 40.4. The molecule has 5 aromatic rings. The van der Waals surface area contributed by atoms with E-state index < -0.39 is 5.54 Å². The Morgan fingerprint density at radius 1 is 0.674 bits per heavy atom. The highest BCUT2D eigenvalue weighted by Crippen LogP contribution is 2.42. The Bertz CT molecular complexity index is 2060. The maximum Gasteiger partial charge on any atom is 0.105 e. The number of rotatable bonds is 6. The van der Waals surface area contributed by atoms with Gasteiger partial charge >= 0.3 is 0 Å². The molecule has 0 fully saturated rings. The molecule has 1 heteroatoms. The first-order valence-electron chi connectivity index (χ1n) is 16.7. The third-order valence-corrected chi connectivity index (χ3v) is 9.97. The van der Waals surface area contributed by atoms with Crippen molar-refractivity contribution >= 4 is 28.1 Å². The average Bonchev–Trinajstić information content (AvgIpc) is 3.63. The third-order valence-electron chi connectivity index (χ3n) is 9.97. The second kappa shape index (κ2) is 11.9. The Morgan fingerprint density at radius 2 is 1.41 bits per heavy atom. The fraction of sp³-hybridized carbons (Fsp3) is 0.222. The standard InChI is InChI=1S/C45H43N/c1-31(32-13-7-6-8-14-32)46-45(5,39-15-9-10-16-39)41-26-24-34-27-36(22-20-35(34)29-41)42-17-11-12-18-43(42)37-21-19-33-23-25-40(44(2,3)4)30-38(33)28-37/h6-15,17-19,21,23-30H,16,20,22H2,1-5H3. The molecule has 2 aliphatic rings. The van der Waals surface area contributed by atoms with Crippen LogP contribution in [0.5, 0.6) is 0 Å². The number of fused-ring (bicyclic) bond motifs is 2. The second-order valence-electron chi connectivity index (χ2n) is 14.1. The number of nitrogens with zero attached hydrogens (tertiary/aromatic N) is 1. The highest BCUT2D eigenvalue weighted by Gasteiger charge is 2.32. The molecule has 0 aromatic heterocycles. The van der Waals surface area contributed by atoms with Crippen LogP contribution < -0.4 is 0 Å². The number of hydrogen-bond donors (Lipinski definition) is 0. The highest BCUT2D eigenvalue weighted by atomic mass is 14.9. The fourth-order valence-corrected chi connectivity index (χ4v) is 7.11. The predicted molar refractivity (Wildman–Crippen MR) is 199 cm³/mol. The molecule has 5 aromatic carbocycles. The first-order valence-corrected chi connectivity index (χ1v) is 16.7. The van der Waals surface area contributed by atoms with Crippen LogP contribution in [0.3, 0.4) is 0 Å². The van der Waals surface area contributed by atoms with E-state index in [-0.39, 0.29) is 5.41 Å². The maximum atomic E-state index is 5.42. The van der Waals surface area contributed by atoms with E-state index in [9.17, 15) is 0 Å². The molecule has 0 spiro atoms. The van der Waals surface area contributed by atoms with Gasteiger partial charge in [-0.2, -0.15) is 0 Å². The van der Waals surface area contributed by atoms with E-state index in [1.54, 1.807) is 0 Å². The van der Waals surface area contributed by atoms with Gasteiger partial charge in [-0.1, -0.05) is 148 Å². The monoisotopic (exact) mass is 597 g/mol. The van der Waals surface area contributed by atoms with E-state index in [0.29, 0.717) is 0 Å². The van der Waals surface area contributed by atoms with Crippen molar-refractivity contribution in [2.75, 3.05) is 0 Å². The van der Waals surface area contributed by atoms with Crippen molar-refractivity contribution in [1.82, 2.24) is 0 Å². The normalized spacial score (nSPS) is 16.2. The molecule has 46 heavy (non-hydrogen) atoms. The molecule has 0 aliphatic heterocycles. The number of hydrogen-bond acceptors (Lipinski definition) is 1. The van der Waals surface area contributed by atoms with Gasteiger partial charge in [-0.25, -0.2) is 0 Å². The largest absolute Gasteiger partial charge is 0.274 e. The lowest BCUT2D eigenvalue weighted by atomic mass is 9.79. The lowest BCUT2D eigenvalue weighted by Gasteiger charge is -2.30. The molecule has 0 heterocycles. The van der Waals surface area contributed by atoms with Gasteiger partial charge in [0.1, 0.15) is 5.54 Å². The van der Waals surface area contributed by atoms with Crippen molar-refractivity contribution in [3.05, 3.63) is 166 Å². The maximum absolute atomic E-state index is 5.42. The van der Waals surface area contributed by atoms with Crippen molar-refractivity contribution in [3.8, 4) is 11.1 Å². The van der Waals surface area contributed by atoms with Gasteiger partial charge in [0.05, 0.1) is 0 Å². The summed E-state index contributed by atoms with van der Waals surface area (Å²) in [7, 11) is 0. The Morgan fingerprint density at radius 3 is 2.17 bits per heavy atom. The van der Waals surface area contributed by atoms with Crippen molar-refractivity contribution in [2.45, 2.75) is 64.8 Å². The molecular formula is C45H43N. The van der Waals surface area contributed by atoms with E-state index in [1.807, 2.05) is 0 Å². The van der Waals surface area contributed by atoms with E-state index in [0.717, 1.165) is 25.0 Å². The molecule has 0 N–H and O–H groups in total. The molecule has 7 rings (SSSR count). The van der Waals surface area contributed by atoms with Crippen molar-refractivity contribution in [3.63, 3.8) is 0 Å². The van der Waals surface area contributed by atoms with Gasteiger partial charge in [0.25, 0.3) is 0 Å². The number of benzene rings is 5. The van der Waals surface area contributed by atoms with Crippen molar-refractivity contribution in [2.24, 2.45) is 4.99 Å². The second-order valence-corrected chi connectivity index (χ2v) is 14.1. The number of allylic oxidation sites excluding steroid dienone is 4. The summed E-state index contributed by atoms with van der Waals surface area (Å²) in [5, 5.41) is 2.59. The van der Waals surface area contributed by atoms with Gasteiger partial charge in [0, 0.05) is 5.71 Å². The minimum absolute atomic E-state index is 0.123. The molecule has 0 radical (unpaired) electrons. The molecular weight excluding hydrogens is 555 g/mol. The molecule has 1 unspecified atom stereocenters. The summed E-state index contributed by atoms with van der Waals surface area (Å²) >= 11 is 0. The lowest BCUT2D eigenvalue weighted by Crippen LogP contribution is -2.24. The van der Waals surface area contributed by atoms with Crippen LogP contribution in [0.4, 0.5) is 0 Å². The SMILES string of the molecule is CC(=NC(C)(C1=CC=CC1)c1ccc2c(c1)CCC(c1ccccc1-c1ccc3ccc(C(C)(C)C)cc3c1)=C2)c1ccccc1. The van der Waals surface area contributed by atoms with Crippen LogP contribution in [0, 0.1) is 0 Å². The van der Waals surface area contributed by atoms with E-state index in [4.69, 9.17) is 4.99 Å². The van der Waals surface area contributed by atoms with Gasteiger partial charge in [-0.15, -0.1) is 0 Å². The van der Waals surface area contributed by atoms with Crippen LogP contribution in [-0.4, -0.2) is 5.71 Å². The van der Waals surface area contributed by atoms with E-state index in [1.165, 1.54) is 66.4 Å². The van der Waals surface area contributed by atoms with Crippen LogP contribution in [0.15, 0.2) is 138 Å². The molecule has 0 saturated carbocycles. The summed E-state index contributed by atoms with van der Waals surface area (Å²) < 4.78 is 0. The number of aryl methyl sites for hydroxylation is 1. The highest BCUT2D eigenvalue weighted by molar-refractivity contribution is 5.99. The predicted octanol–water partition coefficient (Wildman–Crippen LogP) is 11.9. The quantitative estimate of drug-likeness (QED) is 0.173. The summed E-state index contributed by atoms with van der Waals surface area (Å²) in [6.45, 7) is 11.3. The van der Waals surface area contributed by atoms with Crippen LogP contribution in [0.1, 0.15) is 80.8 Å². The van der Waals surface area contributed by atoms with Crippen molar-refractivity contribution in [1.29, 1.82) is 0 Å². The average molecular weight is 598 g/mol. The Balaban J connectivity index is 1.25. The Hall–Kier alpha value is -4.75. The summed E-state index contributed by atoms with van der Waals surface area (Å²) in [5.41, 5.74) is 14.0. The smallest absolute Gasteiger partial charge is 0.105 e. The lowest BCUT2D eigenvalue weighted by molar-refractivity contribution is 0.581. The molecule has 1 nitrogen and oxygen atoms in total. The molecule has 1 atom stereocenters. The Labute approximate surface area is 274 Å². The van der Waals surface area contributed by atoms with Gasteiger partial charge < -0.3 is 0 Å². The molecule has 0 bridgehead atoms. The zero-order valence-corrected chi connectivity index (χ0v) is 27.8. The summed E-state index contributed by atoms with van der Waals surface area (Å²) in [5.74, 6) is 0. The van der Waals surface area contributed by atoms with Gasteiger partial charge in [0.2, 0.25) is 0 Å². The van der Waals surface area contributed by atoms with Crippen LogP contribution in [0.2, 0.25) is 0 Å². The van der Waals surface area contributed by atoms with Gasteiger partial charge in [0.15, 0.2) is 0 Å². The zero-order chi connectivity index (χ0) is 31.9. The molecule has 228 valence electrons. The summed E-state index contributed by atoms with van der Waals surface area (Å²) in [6.07, 6.45) is 12.1. The minimum atomic E-state index is -0.419. The molecule has 0 saturated heterocycles. The molecule has 2 aliphatic carbocycles. The topological polar surface area (TPSA) is 12.4 Å². The van der Waals surface area contributed by atoms with Gasteiger partial charge in [-0.05, 0) is 111 Å². The third kappa shape index (κ3) is 5.71. The van der Waals surface area contributed by atoms with Gasteiger partial charge in [-0.3, -0.25) is 4.99 Å². The Kier molecular flexibility index (Phi) is 7.73. The van der Waals surface area contributed by atoms with E-state index in [2.05, 4.69) is 168 Å². The van der Waals surface area contributed by atoms with Crippen LogP contribution >= 0.6 is 0 Å².